The third-order valence-corrected chi connectivity index (χ3v) is 5.33. The molecular formula is C21H21N5O4. The van der Waals surface area contributed by atoms with Crippen LogP contribution in [-0.4, -0.2) is 44.0 Å². The highest BCUT2D eigenvalue weighted by Gasteiger charge is 2.46. The molecule has 1 saturated heterocycles. The third kappa shape index (κ3) is 3.03. The molecule has 3 N–H and O–H groups in total. The lowest BCUT2D eigenvalue weighted by atomic mass is 9.99. The number of aromatic nitrogens is 3. The fraction of sp³-hybridized carbons (Fsp3) is 0.286. The fourth-order valence-electron chi connectivity index (χ4n) is 3.58. The molecule has 0 bridgehead atoms. The number of carbonyl (C=O) groups is 2. The molecular weight excluding hydrogens is 386 g/mol. The van der Waals surface area contributed by atoms with Crippen molar-refractivity contribution < 1.29 is 19.4 Å². The number of benzene rings is 1. The Bertz CT molecular complexity index is 1260. The summed E-state index contributed by atoms with van der Waals surface area (Å²) in [5, 5.41) is 21.2. The van der Waals surface area contributed by atoms with Gasteiger partial charge in [0.1, 0.15) is 5.75 Å². The molecule has 9 nitrogen and oxygen atoms in total. The van der Waals surface area contributed by atoms with Crippen LogP contribution in [0.3, 0.4) is 0 Å². The molecule has 3 heterocycles. The summed E-state index contributed by atoms with van der Waals surface area (Å²) in [6.07, 6.45) is 1.70. The summed E-state index contributed by atoms with van der Waals surface area (Å²) in [5.74, 6) is 5.90. The zero-order valence-corrected chi connectivity index (χ0v) is 17.0. The Labute approximate surface area is 172 Å². The van der Waals surface area contributed by atoms with E-state index in [0.717, 1.165) is 16.8 Å². The van der Waals surface area contributed by atoms with E-state index in [1.165, 1.54) is 4.57 Å². The van der Waals surface area contributed by atoms with Crippen LogP contribution in [-0.2, 0) is 18.4 Å². The normalized spacial score (nSPS) is 18.1. The molecule has 1 aromatic carbocycles. The van der Waals surface area contributed by atoms with Crippen LogP contribution < -0.4 is 15.4 Å². The number of hydrogen-bond acceptors (Lipinski definition) is 5. The van der Waals surface area contributed by atoms with Gasteiger partial charge in [0.2, 0.25) is 5.54 Å². The van der Waals surface area contributed by atoms with Gasteiger partial charge in [-0.2, -0.15) is 5.10 Å². The molecule has 154 valence electrons. The van der Waals surface area contributed by atoms with Crippen LogP contribution in [0, 0.1) is 25.7 Å². The number of rotatable bonds is 3. The highest BCUT2D eigenvalue weighted by molar-refractivity contribution is 6.09. The number of amides is 3. The number of urea groups is 1. The molecule has 0 saturated carbocycles. The Morgan fingerprint density at radius 1 is 1.30 bits per heavy atom. The van der Waals surface area contributed by atoms with Gasteiger partial charge in [-0.05, 0) is 32.0 Å². The molecule has 0 aliphatic carbocycles. The average molecular weight is 407 g/mol. The maximum atomic E-state index is 12.7. The van der Waals surface area contributed by atoms with Crippen molar-refractivity contribution >= 4 is 22.7 Å². The van der Waals surface area contributed by atoms with E-state index < -0.39 is 17.5 Å². The standard InChI is InChI=1S/C21H21N5O4/c1-12-16(13(2)25(3)24-12)7-8-21(19(28)22-20(29)23-21)11-26-10-14-5-6-15(30-4)9-17(14)18(26)27/h5-6,9-10,27H,11H2,1-4H3,(H2,22,23,28,29)/t21-/m1/s1. The quantitative estimate of drug-likeness (QED) is 0.448. The minimum Gasteiger partial charge on any atom is -0.497 e. The van der Waals surface area contributed by atoms with Crippen LogP contribution in [0.15, 0.2) is 24.4 Å². The number of aromatic hydroxyl groups is 1. The number of methoxy groups -OCH3 is 1. The van der Waals surface area contributed by atoms with Gasteiger partial charge in [-0.3, -0.25) is 14.8 Å². The SMILES string of the molecule is COc1ccc2cn(C[C@@]3(C#Cc4c(C)nn(C)c4C)NC(=O)NC3=O)c(O)c2c1. The first-order valence-corrected chi connectivity index (χ1v) is 9.27. The van der Waals surface area contributed by atoms with Crippen molar-refractivity contribution in [1.29, 1.82) is 0 Å². The molecule has 0 spiro atoms. The first-order valence-electron chi connectivity index (χ1n) is 9.27. The lowest BCUT2D eigenvalue weighted by Crippen LogP contribution is -2.49. The van der Waals surface area contributed by atoms with Crippen LogP contribution in [0.1, 0.15) is 17.0 Å². The third-order valence-electron chi connectivity index (χ3n) is 5.33. The summed E-state index contributed by atoms with van der Waals surface area (Å²) in [6.45, 7) is 3.63. The minimum absolute atomic E-state index is 0.0484. The van der Waals surface area contributed by atoms with E-state index in [1.807, 2.05) is 20.9 Å². The van der Waals surface area contributed by atoms with Crippen LogP contribution >= 0.6 is 0 Å². The van der Waals surface area contributed by atoms with Gasteiger partial charge >= 0.3 is 6.03 Å². The maximum absolute atomic E-state index is 12.7. The summed E-state index contributed by atoms with van der Waals surface area (Å²) in [7, 11) is 3.35. The number of fused-ring (bicyclic) bond motifs is 1. The molecule has 4 rings (SSSR count). The van der Waals surface area contributed by atoms with Crippen molar-refractivity contribution in [2.45, 2.75) is 25.9 Å². The van der Waals surface area contributed by atoms with Crippen LogP contribution in [0.4, 0.5) is 4.79 Å². The van der Waals surface area contributed by atoms with Gasteiger partial charge in [0.15, 0.2) is 5.88 Å². The smallest absolute Gasteiger partial charge is 0.323 e. The van der Waals surface area contributed by atoms with E-state index >= 15 is 0 Å². The van der Waals surface area contributed by atoms with Crippen LogP contribution in [0.25, 0.3) is 10.8 Å². The number of hydrogen-bond donors (Lipinski definition) is 3. The Hall–Kier alpha value is -3.93. The second-order valence-electron chi connectivity index (χ2n) is 7.27. The van der Waals surface area contributed by atoms with Gasteiger partial charge in [-0.25, -0.2) is 4.79 Å². The van der Waals surface area contributed by atoms with E-state index in [9.17, 15) is 14.7 Å². The van der Waals surface area contributed by atoms with Crippen molar-refractivity contribution in [1.82, 2.24) is 25.0 Å². The molecule has 1 aliphatic heterocycles. The summed E-state index contributed by atoms with van der Waals surface area (Å²) >= 11 is 0. The summed E-state index contributed by atoms with van der Waals surface area (Å²) in [5.41, 5.74) is 0.727. The van der Waals surface area contributed by atoms with Crippen molar-refractivity contribution in [3.8, 4) is 23.5 Å². The molecule has 30 heavy (non-hydrogen) atoms. The Kier molecular flexibility index (Phi) is 4.42. The number of nitrogens with one attached hydrogen (secondary N) is 2. The summed E-state index contributed by atoms with van der Waals surface area (Å²) < 4.78 is 8.41. The van der Waals surface area contributed by atoms with Crippen molar-refractivity contribution in [3.63, 3.8) is 0 Å². The molecule has 1 atom stereocenters. The molecule has 1 aliphatic rings. The van der Waals surface area contributed by atoms with E-state index in [2.05, 4.69) is 27.6 Å². The highest BCUT2D eigenvalue weighted by Crippen LogP contribution is 2.32. The van der Waals surface area contributed by atoms with Crippen LogP contribution in [0.5, 0.6) is 11.6 Å². The lowest BCUT2D eigenvalue weighted by molar-refractivity contribution is -0.122. The van der Waals surface area contributed by atoms with Crippen molar-refractivity contribution in [3.05, 3.63) is 41.3 Å². The van der Waals surface area contributed by atoms with E-state index in [-0.39, 0.29) is 12.4 Å². The average Bonchev–Trinajstić information content (AvgIpc) is 3.25. The first kappa shape index (κ1) is 19.4. The maximum Gasteiger partial charge on any atom is 0.323 e. The summed E-state index contributed by atoms with van der Waals surface area (Å²) in [4.78, 5) is 24.6. The Balaban J connectivity index is 1.79. The first-order chi connectivity index (χ1) is 14.2. The minimum atomic E-state index is -1.54. The monoisotopic (exact) mass is 407 g/mol. The number of imide groups is 1. The van der Waals surface area contributed by atoms with Gasteiger partial charge in [-0.15, -0.1) is 0 Å². The predicted octanol–water partition coefficient (Wildman–Crippen LogP) is 1.34. The molecule has 3 aromatic rings. The molecule has 2 aromatic heterocycles. The van der Waals surface area contributed by atoms with Gasteiger partial charge < -0.3 is 19.7 Å². The van der Waals surface area contributed by atoms with E-state index in [4.69, 9.17) is 4.74 Å². The van der Waals surface area contributed by atoms with E-state index in [0.29, 0.717) is 16.7 Å². The van der Waals surface area contributed by atoms with Crippen LogP contribution in [0.2, 0.25) is 0 Å². The second kappa shape index (κ2) is 6.84. The molecule has 0 radical (unpaired) electrons. The predicted molar refractivity (Wildman–Crippen MR) is 109 cm³/mol. The number of nitrogens with zero attached hydrogens (tertiary/aromatic N) is 3. The molecule has 3 amide bonds. The number of ether oxygens (including phenoxy) is 1. The fourth-order valence-corrected chi connectivity index (χ4v) is 3.58. The lowest BCUT2D eigenvalue weighted by Gasteiger charge is -2.20. The summed E-state index contributed by atoms with van der Waals surface area (Å²) in [6, 6.07) is 4.65. The second-order valence-corrected chi connectivity index (χ2v) is 7.27. The van der Waals surface area contributed by atoms with Crippen molar-refractivity contribution in [2.24, 2.45) is 7.05 Å². The zero-order valence-electron chi connectivity index (χ0n) is 17.0. The van der Waals surface area contributed by atoms with E-state index in [1.54, 1.807) is 36.2 Å². The largest absolute Gasteiger partial charge is 0.497 e. The molecule has 9 heteroatoms. The number of aryl methyl sites for hydroxylation is 2. The van der Waals surface area contributed by atoms with Gasteiger partial charge in [0, 0.05) is 24.0 Å². The number of carbonyl (C=O) groups excluding carboxylic acids is 2. The zero-order chi connectivity index (χ0) is 21.6. The molecule has 0 unspecified atom stereocenters. The molecule has 1 fully saturated rings. The Morgan fingerprint density at radius 2 is 2.07 bits per heavy atom. The van der Waals surface area contributed by atoms with Crippen molar-refractivity contribution in [2.75, 3.05) is 7.11 Å². The van der Waals surface area contributed by atoms with Gasteiger partial charge in [0.05, 0.1) is 30.6 Å². The highest BCUT2D eigenvalue weighted by atomic mass is 16.5. The Morgan fingerprint density at radius 3 is 2.67 bits per heavy atom. The van der Waals surface area contributed by atoms with Gasteiger partial charge in [-0.1, -0.05) is 11.8 Å². The topological polar surface area (TPSA) is 110 Å². The van der Waals surface area contributed by atoms with Gasteiger partial charge in [0.25, 0.3) is 5.91 Å².